The van der Waals surface area contributed by atoms with Crippen molar-refractivity contribution < 1.29 is 24.9 Å². The molecule has 0 spiro atoms. The lowest BCUT2D eigenvalue weighted by molar-refractivity contribution is -0.0460. The molecule has 0 aliphatic carbocycles. The molecule has 9 nitrogen and oxygen atoms in total. The fourth-order valence-corrected chi connectivity index (χ4v) is 1.90. The molecule has 0 bridgehead atoms. The zero-order chi connectivity index (χ0) is 14.2. The van der Waals surface area contributed by atoms with Crippen LogP contribution in [0.25, 0.3) is 0 Å². The van der Waals surface area contributed by atoms with E-state index in [1.807, 2.05) is 4.98 Å². The van der Waals surface area contributed by atoms with Gasteiger partial charge in [0.1, 0.15) is 17.9 Å². The van der Waals surface area contributed by atoms with E-state index in [1.165, 1.54) is 0 Å². The molecule has 1 aliphatic rings. The van der Waals surface area contributed by atoms with Gasteiger partial charge in [-0.15, -0.1) is 0 Å². The van der Waals surface area contributed by atoms with Gasteiger partial charge >= 0.3 is 11.7 Å². The molecule has 9 heteroatoms. The first-order valence-corrected chi connectivity index (χ1v) is 5.47. The third-order valence-corrected chi connectivity index (χ3v) is 2.89. The average molecular weight is 272 g/mol. The molecule has 1 aromatic heterocycles. The Morgan fingerprint density at radius 3 is 2.74 bits per heavy atom. The highest BCUT2D eigenvalue weighted by Gasteiger charge is 2.35. The molecule has 0 aromatic carbocycles. The van der Waals surface area contributed by atoms with Crippen LogP contribution >= 0.6 is 0 Å². The molecular formula is C10H12N2O7. The highest BCUT2D eigenvalue weighted by molar-refractivity contribution is 5.86. The van der Waals surface area contributed by atoms with E-state index in [9.17, 15) is 19.5 Å². The predicted molar refractivity (Wildman–Crippen MR) is 59.9 cm³/mol. The molecule has 1 aliphatic heterocycles. The first-order chi connectivity index (χ1) is 8.93. The molecule has 1 aromatic rings. The standard InChI is InChI=1S/C10H12N2O7/c13-3-6-5(14)1-7(19-6)12-2-4(9(16)17)8(15)11-10(12)18/h2,5-7,13-14H,1,3H2,(H,16,17)(H,11,15,18)/t5-,6-,7-/m1/s1. The number of aliphatic hydroxyl groups excluding tert-OH is 2. The van der Waals surface area contributed by atoms with E-state index in [1.54, 1.807) is 0 Å². The number of ether oxygens (including phenoxy) is 1. The van der Waals surface area contributed by atoms with Crippen molar-refractivity contribution in [1.82, 2.24) is 9.55 Å². The molecule has 19 heavy (non-hydrogen) atoms. The van der Waals surface area contributed by atoms with Gasteiger partial charge in [-0.1, -0.05) is 0 Å². The lowest BCUT2D eigenvalue weighted by Gasteiger charge is -2.14. The number of aliphatic hydroxyl groups is 2. The summed E-state index contributed by atoms with van der Waals surface area (Å²) in [5, 5.41) is 27.3. The number of carbonyl (C=O) groups is 1. The predicted octanol–water partition coefficient (Wildman–Crippen LogP) is -2.12. The van der Waals surface area contributed by atoms with Crippen molar-refractivity contribution in [2.24, 2.45) is 0 Å². The first-order valence-electron chi connectivity index (χ1n) is 5.47. The van der Waals surface area contributed by atoms with Crippen LogP contribution in [0.15, 0.2) is 15.8 Å². The van der Waals surface area contributed by atoms with Gasteiger partial charge in [0.15, 0.2) is 0 Å². The van der Waals surface area contributed by atoms with Crippen molar-refractivity contribution in [2.45, 2.75) is 24.9 Å². The van der Waals surface area contributed by atoms with Crippen molar-refractivity contribution in [2.75, 3.05) is 6.61 Å². The number of nitrogens with zero attached hydrogens (tertiary/aromatic N) is 1. The average Bonchev–Trinajstić information content (AvgIpc) is 2.69. The minimum absolute atomic E-state index is 0.0102. The quantitative estimate of drug-likeness (QED) is 0.492. The van der Waals surface area contributed by atoms with E-state index in [-0.39, 0.29) is 6.42 Å². The molecule has 2 rings (SSSR count). The number of hydrogen-bond donors (Lipinski definition) is 4. The highest BCUT2D eigenvalue weighted by atomic mass is 16.5. The molecule has 2 heterocycles. The lowest BCUT2D eigenvalue weighted by Crippen LogP contribution is -2.35. The lowest BCUT2D eigenvalue weighted by atomic mass is 10.2. The van der Waals surface area contributed by atoms with E-state index in [2.05, 4.69) is 0 Å². The van der Waals surface area contributed by atoms with Crippen LogP contribution in [0.1, 0.15) is 23.0 Å². The maximum absolute atomic E-state index is 11.6. The zero-order valence-corrected chi connectivity index (χ0v) is 9.65. The molecule has 0 amide bonds. The van der Waals surface area contributed by atoms with Crippen molar-refractivity contribution in [3.63, 3.8) is 0 Å². The van der Waals surface area contributed by atoms with Crippen molar-refractivity contribution in [3.05, 3.63) is 32.6 Å². The molecule has 0 unspecified atom stereocenters. The Kier molecular flexibility index (Phi) is 3.51. The van der Waals surface area contributed by atoms with Crippen molar-refractivity contribution in [1.29, 1.82) is 0 Å². The maximum atomic E-state index is 11.6. The summed E-state index contributed by atoms with van der Waals surface area (Å²) in [6.07, 6.45) is -1.88. The smallest absolute Gasteiger partial charge is 0.342 e. The van der Waals surface area contributed by atoms with Gasteiger partial charge in [-0.25, -0.2) is 9.59 Å². The fourth-order valence-electron chi connectivity index (χ4n) is 1.90. The number of carboxylic acid groups (broad SMARTS) is 1. The van der Waals surface area contributed by atoms with E-state index in [0.717, 1.165) is 10.8 Å². The van der Waals surface area contributed by atoms with Gasteiger partial charge < -0.3 is 20.1 Å². The number of rotatable bonds is 3. The summed E-state index contributed by atoms with van der Waals surface area (Å²) in [6.45, 7) is -0.429. The molecule has 0 saturated carbocycles. The van der Waals surface area contributed by atoms with Gasteiger partial charge in [0, 0.05) is 12.6 Å². The van der Waals surface area contributed by atoms with Crippen molar-refractivity contribution in [3.8, 4) is 0 Å². The van der Waals surface area contributed by atoms with Crippen molar-refractivity contribution >= 4 is 5.97 Å². The van der Waals surface area contributed by atoms with Gasteiger partial charge in [0.05, 0.1) is 12.7 Å². The van der Waals surface area contributed by atoms with Crippen LogP contribution in [0, 0.1) is 0 Å². The number of carboxylic acids is 1. The fraction of sp³-hybridized carbons (Fsp3) is 0.500. The number of hydrogen-bond acceptors (Lipinski definition) is 6. The summed E-state index contributed by atoms with van der Waals surface area (Å²) in [5.41, 5.74) is -2.46. The second-order valence-electron chi connectivity index (χ2n) is 4.13. The third kappa shape index (κ3) is 2.43. The Labute approximate surface area is 105 Å². The summed E-state index contributed by atoms with van der Waals surface area (Å²) in [5.74, 6) is -1.48. The summed E-state index contributed by atoms with van der Waals surface area (Å²) in [4.78, 5) is 35.5. The van der Waals surface area contributed by atoms with Crippen LogP contribution in [0.2, 0.25) is 0 Å². The van der Waals surface area contributed by atoms with E-state index in [0.29, 0.717) is 0 Å². The number of nitrogens with one attached hydrogen (secondary N) is 1. The zero-order valence-electron chi connectivity index (χ0n) is 9.65. The summed E-state index contributed by atoms with van der Waals surface area (Å²) in [6, 6.07) is 0. The van der Waals surface area contributed by atoms with E-state index < -0.39 is 47.8 Å². The monoisotopic (exact) mass is 272 g/mol. The summed E-state index contributed by atoms with van der Waals surface area (Å²) < 4.78 is 6.09. The minimum Gasteiger partial charge on any atom is -0.477 e. The first kappa shape index (κ1) is 13.5. The van der Waals surface area contributed by atoms with E-state index in [4.69, 9.17) is 14.9 Å². The van der Waals surface area contributed by atoms with Crippen LogP contribution in [0.5, 0.6) is 0 Å². The van der Waals surface area contributed by atoms with Gasteiger partial charge in [-0.2, -0.15) is 0 Å². The molecule has 4 N–H and O–H groups in total. The second-order valence-corrected chi connectivity index (χ2v) is 4.13. The van der Waals surface area contributed by atoms with Gasteiger partial charge in [-0.3, -0.25) is 14.3 Å². The Balaban J connectivity index is 2.41. The van der Waals surface area contributed by atoms with Crippen LogP contribution in [-0.4, -0.2) is 49.7 Å². The summed E-state index contributed by atoms with van der Waals surface area (Å²) >= 11 is 0. The molecule has 104 valence electrons. The van der Waals surface area contributed by atoms with Crippen LogP contribution in [0.4, 0.5) is 0 Å². The second kappa shape index (κ2) is 4.96. The molecule has 3 atom stereocenters. The topological polar surface area (TPSA) is 142 Å². The number of H-pyrrole nitrogens is 1. The third-order valence-electron chi connectivity index (χ3n) is 2.89. The maximum Gasteiger partial charge on any atom is 0.342 e. The van der Waals surface area contributed by atoms with Gasteiger partial charge in [-0.05, 0) is 0 Å². The van der Waals surface area contributed by atoms with Gasteiger partial charge in [0.25, 0.3) is 5.56 Å². The van der Waals surface area contributed by atoms with E-state index >= 15 is 0 Å². The molecule has 1 saturated heterocycles. The number of aromatic nitrogens is 2. The Hall–Kier alpha value is -1.97. The molecule has 0 radical (unpaired) electrons. The van der Waals surface area contributed by atoms with Crippen LogP contribution < -0.4 is 11.2 Å². The largest absolute Gasteiger partial charge is 0.477 e. The van der Waals surface area contributed by atoms with Crippen LogP contribution in [0.3, 0.4) is 0 Å². The Bertz CT molecular complexity index is 605. The van der Waals surface area contributed by atoms with Crippen LogP contribution in [-0.2, 0) is 4.74 Å². The normalized spacial score (nSPS) is 26.5. The number of aromatic amines is 1. The molecular weight excluding hydrogens is 260 g/mol. The number of aromatic carboxylic acids is 1. The minimum atomic E-state index is -1.48. The SMILES string of the molecule is O=C(O)c1cn([C@H]2C[C@@H](O)[C@@H](CO)O2)c(=O)[nH]c1=O. The van der Waals surface area contributed by atoms with Gasteiger partial charge in [0.2, 0.25) is 0 Å². The highest BCUT2D eigenvalue weighted by Crippen LogP contribution is 2.27. The Morgan fingerprint density at radius 2 is 2.21 bits per heavy atom. The Morgan fingerprint density at radius 1 is 1.53 bits per heavy atom. The summed E-state index contributed by atoms with van der Waals surface area (Å²) in [7, 11) is 0. The molecule has 1 fully saturated rings.